The number of hydrogen-bond donors (Lipinski definition) is 4. The van der Waals surface area contributed by atoms with Gasteiger partial charge in [0.25, 0.3) is 0 Å². The van der Waals surface area contributed by atoms with Gasteiger partial charge in [-0.05, 0) is 11.8 Å². The topological polar surface area (TPSA) is 107 Å². The standard InChI is InChI=1S/C5H11O6PS/c6-2-1-5(4(8)3-7)11-12(9,10)13/h2,4-5,7-8H,1,3H2,(H2,9,10,13)/t4-,5+/m1/s1. The van der Waals surface area contributed by atoms with Gasteiger partial charge in [-0.1, -0.05) is 0 Å². The van der Waals surface area contributed by atoms with Crippen molar-refractivity contribution in [1.82, 2.24) is 0 Å². The van der Waals surface area contributed by atoms with E-state index in [1.54, 1.807) is 0 Å². The normalized spacial score (nSPS) is 16.6. The minimum atomic E-state index is -3.92. The zero-order valence-electron chi connectivity index (χ0n) is 6.61. The molecule has 0 saturated heterocycles. The Morgan fingerprint density at radius 3 is 2.38 bits per heavy atom. The molecule has 0 aliphatic carbocycles. The zero-order valence-corrected chi connectivity index (χ0v) is 8.32. The lowest BCUT2D eigenvalue weighted by Crippen LogP contribution is -2.31. The van der Waals surface area contributed by atoms with Gasteiger partial charge in [-0.3, -0.25) is 0 Å². The van der Waals surface area contributed by atoms with Crippen molar-refractivity contribution in [3.05, 3.63) is 0 Å². The van der Waals surface area contributed by atoms with E-state index in [2.05, 4.69) is 16.3 Å². The van der Waals surface area contributed by atoms with Gasteiger partial charge in [-0.2, -0.15) is 0 Å². The Morgan fingerprint density at radius 1 is 1.54 bits per heavy atom. The molecule has 13 heavy (non-hydrogen) atoms. The maximum Gasteiger partial charge on any atom is 0.322 e. The van der Waals surface area contributed by atoms with Crippen molar-refractivity contribution in [2.45, 2.75) is 18.6 Å². The summed E-state index contributed by atoms with van der Waals surface area (Å²) in [5, 5.41) is 17.5. The minimum absolute atomic E-state index is 0.263. The van der Waals surface area contributed by atoms with Crippen molar-refractivity contribution in [2.75, 3.05) is 6.61 Å². The third kappa shape index (κ3) is 6.23. The Labute approximate surface area is 80.0 Å². The van der Waals surface area contributed by atoms with Gasteiger partial charge in [0.15, 0.2) is 0 Å². The average Bonchev–Trinajstić information content (AvgIpc) is 2.00. The third-order valence-corrected chi connectivity index (χ3v) is 2.02. The number of hydrogen-bond acceptors (Lipinski definition) is 5. The van der Waals surface area contributed by atoms with Crippen molar-refractivity contribution < 1.29 is 29.3 Å². The predicted octanol–water partition coefficient (Wildman–Crippen LogP) is -1.48. The molecule has 6 nitrogen and oxygen atoms in total. The molecule has 0 aromatic carbocycles. The van der Waals surface area contributed by atoms with E-state index in [1.165, 1.54) is 0 Å². The van der Waals surface area contributed by atoms with Gasteiger partial charge in [0, 0.05) is 6.42 Å². The van der Waals surface area contributed by atoms with E-state index >= 15 is 0 Å². The Hall–Kier alpha value is 0.120. The summed E-state index contributed by atoms with van der Waals surface area (Å²) in [6, 6.07) is 0. The fourth-order valence-corrected chi connectivity index (χ4v) is 1.57. The lowest BCUT2D eigenvalue weighted by molar-refractivity contribution is -0.111. The minimum Gasteiger partial charge on any atom is -0.394 e. The molecule has 0 fully saturated rings. The molecule has 0 aliphatic rings. The van der Waals surface area contributed by atoms with Crippen LogP contribution >= 0.6 is 6.72 Å². The Kier molecular flexibility index (Phi) is 5.82. The molecule has 0 aromatic rings. The van der Waals surface area contributed by atoms with Gasteiger partial charge in [0.05, 0.1) is 6.61 Å². The monoisotopic (exact) mass is 230 g/mol. The molecule has 0 unspecified atom stereocenters. The second-order valence-electron chi connectivity index (χ2n) is 2.29. The number of carbonyl (C=O) groups excluding carboxylic acids is 1. The molecule has 8 heteroatoms. The number of rotatable bonds is 6. The molecular formula is C5H11O6PS. The fraction of sp³-hybridized carbons (Fsp3) is 0.800. The zero-order chi connectivity index (χ0) is 10.5. The molecular weight excluding hydrogens is 219 g/mol. The van der Waals surface area contributed by atoms with Gasteiger partial charge in [0.2, 0.25) is 0 Å². The van der Waals surface area contributed by atoms with Crippen LogP contribution in [-0.2, 0) is 21.1 Å². The molecule has 0 amide bonds. The molecule has 0 bridgehead atoms. The van der Waals surface area contributed by atoms with Crippen LogP contribution in [0.3, 0.4) is 0 Å². The van der Waals surface area contributed by atoms with Crippen LogP contribution in [0.15, 0.2) is 0 Å². The Bertz CT molecular complexity index is 203. The smallest absolute Gasteiger partial charge is 0.322 e. The second kappa shape index (κ2) is 5.77. The van der Waals surface area contributed by atoms with E-state index in [0.717, 1.165) is 0 Å². The van der Waals surface area contributed by atoms with Gasteiger partial charge in [0.1, 0.15) is 18.5 Å². The van der Waals surface area contributed by atoms with Crippen LogP contribution in [-0.4, -0.2) is 45.1 Å². The first-order valence-corrected chi connectivity index (χ1v) is 5.99. The van der Waals surface area contributed by atoms with E-state index in [1.807, 2.05) is 0 Å². The summed E-state index contributed by atoms with van der Waals surface area (Å²) in [7, 11) is 0. The van der Waals surface area contributed by atoms with Crippen LogP contribution < -0.4 is 0 Å². The van der Waals surface area contributed by atoms with E-state index < -0.39 is 25.5 Å². The highest BCUT2D eigenvalue weighted by Crippen LogP contribution is 2.39. The quantitative estimate of drug-likeness (QED) is 0.325. The number of aliphatic hydroxyl groups excluding tert-OH is 2. The first-order chi connectivity index (χ1) is 5.90. The van der Waals surface area contributed by atoms with Crippen LogP contribution in [0.4, 0.5) is 0 Å². The van der Waals surface area contributed by atoms with Crippen molar-refractivity contribution >= 4 is 24.8 Å². The van der Waals surface area contributed by atoms with E-state index in [0.29, 0.717) is 6.29 Å². The molecule has 0 rings (SSSR count). The molecule has 2 atom stereocenters. The highest BCUT2D eigenvalue weighted by atomic mass is 32.5. The van der Waals surface area contributed by atoms with Crippen LogP contribution in [0, 0.1) is 0 Å². The largest absolute Gasteiger partial charge is 0.394 e. The summed E-state index contributed by atoms with van der Waals surface area (Å²) in [6.45, 7) is -4.56. The highest BCUT2D eigenvalue weighted by molar-refractivity contribution is 8.06. The molecule has 0 spiro atoms. The number of carbonyl (C=O) groups is 1. The molecule has 0 aromatic heterocycles. The molecule has 78 valence electrons. The number of aliphatic hydroxyl groups is 2. The first-order valence-electron chi connectivity index (χ1n) is 3.37. The van der Waals surface area contributed by atoms with Crippen LogP contribution in [0.5, 0.6) is 0 Å². The third-order valence-electron chi connectivity index (χ3n) is 1.22. The summed E-state index contributed by atoms with van der Waals surface area (Å²) in [5.74, 6) is 0. The lowest BCUT2D eigenvalue weighted by Gasteiger charge is -2.21. The summed E-state index contributed by atoms with van der Waals surface area (Å²) in [6.07, 6.45) is -2.37. The van der Waals surface area contributed by atoms with E-state index in [9.17, 15) is 4.79 Å². The van der Waals surface area contributed by atoms with E-state index in [-0.39, 0.29) is 6.42 Å². The van der Waals surface area contributed by atoms with Crippen LogP contribution in [0.2, 0.25) is 0 Å². The summed E-state index contributed by atoms with van der Waals surface area (Å²) < 4.78 is 4.43. The summed E-state index contributed by atoms with van der Waals surface area (Å²) in [4.78, 5) is 27.5. The van der Waals surface area contributed by atoms with Crippen molar-refractivity contribution in [2.24, 2.45) is 0 Å². The van der Waals surface area contributed by atoms with Gasteiger partial charge < -0.3 is 29.3 Å². The Balaban J connectivity index is 4.25. The second-order valence-corrected chi connectivity index (χ2v) is 4.91. The molecule has 0 heterocycles. The number of aldehydes is 1. The van der Waals surface area contributed by atoms with Crippen molar-refractivity contribution in [3.8, 4) is 0 Å². The van der Waals surface area contributed by atoms with Crippen molar-refractivity contribution in [3.63, 3.8) is 0 Å². The van der Waals surface area contributed by atoms with Gasteiger partial charge >= 0.3 is 6.72 Å². The molecule has 0 aliphatic heterocycles. The fourth-order valence-electron chi connectivity index (χ4n) is 0.659. The summed E-state index contributed by atoms with van der Waals surface area (Å²) >= 11 is 4.13. The average molecular weight is 230 g/mol. The van der Waals surface area contributed by atoms with Gasteiger partial charge in [-0.15, -0.1) is 0 Å². The van der Waals surface area contributed by atoms with Crippen LogP contribution in [0.1, 0.15) is 6.42 Å². The SMILES string of the molecule is O=CC[C@H](OP(O)(O)=S)[C@H](O)CO. The van der Waals surface area contributed by atoms with Crippen LogP contribution in [0.25, 0.3) is 0 Å². The molecule has 0 radical (unpaired) electrons. The maximum atomic E-state index is 10.1. The maximum absolute atomic E-state index is 10.1. The molecule has 4 N–H and O–H groups in total. The Morgan fingerprint density at radius 2 is 2.08 bits per heavy atom. The van der Waals surface area contributed by atoms with Gasteiger partial charge in [-0.25, -0.2) is 0 Å². The summed E-state index contributed by atoms with van der Waals surface area (Å²) in [5.41, 5.74) is 0. The molecule has 0 saturated carbocycles. The van der Waals surface area contributed by atoms with Crippen molar-refractivity contribution in [1.29, 1.82) is 0 Å². The lowest BCUT2D eigenvalue weighted by atomic mass is 10.2. The predicted molar refractivity (Wildman–Crippen MR) is 47.4 cm³/mol. The highest BCUT2D eigenvalue weighted by Gasteiger charge is 2.24. The van der Waals surface area contributed by atoms with E-state index in [4.69, 9.17) is 20.0 Å². The first kappa shape index (κ1) is 13.1.